The number of nitrogens with zero attached hydrogens (tertiary/aromatic N) is 3. The molecule has 1 amide bonds. The number of fused-ring (bicyclic) bond motifs is 4. The van der Waals surface area contributed by atoms with Gasteiger partial charge in [-0.25, -0.2) is 9.97 Å². The first-order chi connectivity index (χ1) is 11.8. The van der Waals surface area contributed by atoms with E-state index in [0.29, 0.717) is 17.3 Å². The first-order valence-electron chi connectivity index (χ1n) is 8.50. The maximum atomic E-state index is 13.1. The smallest absolute Gasteiger partial charge is 0.272 e. The van der Waals surface area contributed by atoms with Crippen molar-refractivity contribution in [1.29, 1.82) is 0 Å². The number of amides is 1. The third kappa shape index (κ3) is 1.97. The third-order valence-electron chi connectivity index (χ3n) is 5.42. The van der Waals surface area contributed by atoms with Crippen molar-refractivity contribution >= 4 is 17.1 Å². The molecule has 1 aliphatic carbocycles. The van der Waals surface area contributed by atoms with E-state index in [9.17, 15) is 4.79 Å². The first-order valence-corrected chi connectivity index (χ1v) is 8.50. The van der Waals surface area contributed by atoms with Crippen LogP contribution in [-0.4, -0.2) is 38.3 Å². The van der Waals surface area contributed by atoms with Gasteiger partial charge in [0.15, 0.2) is 5.65 Å². The molecule has 5 nitrogen and oxygen atoms in total. The first kappa shape index (κ1) is 13.7. The van der Waals surface area contributed by atoms with Gasteiger partial charge in [-0.2, -0.15) is 0 Å². The molecule has 5 rings (SSSR count). The molecule has 1 N–H and O–H groups in total. The number of nitrogens with one attached hydrogen (secondary N) is 1. The van der Waals surface area contributed by atoms with Crippen LogP contribution in [-0.2, 0) is 6.42 Å². The topological polar surface area (TPSA) is 61.9 Å². The van der Waals surface area contributed by atoms with E-state index in [1.807, 2.05) is 11.0 Å². The Labute approximate surface area is 139 Å². The Hall–Kier alpha value is -2.69. The van der Waals surface area contributed by atoms with Gasteiger partial charge < -0.3 is 9.88 Å². The summed E-state index contributed by atoms with van der Waals surface area (Å²) in [5.74, 6) is 0.496. The van der Waals surface area contributed by atoms with Gasteiger partial charge in [-0.15, -0.1) is 0 Å². The number of rotatable bonds is 1. The van der Waals surface area contributed by atoms with Crippen molar-refractivity contribution in [3.05, 3.63) is 59.5 Å². The van der Waals surface area contributed by atoms with Crippen LogP contribution in [0.25, 0.3) is 11.2 Å². The van der Waals surface area contributed by atoms with Gasteiger partial charge in [-0.1, -0.05) is 24.3 Å². The Morgan fingerprint density at radius 1 is 1.21 bits per heavy atom. The summed E-state index contributed by atoms with van der Waals surface area (Å²) in [6.07, 6.45) is 4.77. The number of H-pyrrole nitrogens is 1. The molecule has 2 aliphatic rings. The lowest BCUT2D eigenvalue weighted by atomic mass is 9.88. The number of aromatic nitrogens is 3. The Bertz CT molecular complexity index is 932. The van der Waals surface area contributed by atoms with E-state index in [2.05, 4.69) is 39.2 Å². The van der Waals surface area contributed by atoms with Crippen molar-refractivity contribution < 1.29 is 4.79 Å². The summed E-state index contributed by atoms with van der Waals surface area (Å²) in [6, 6.07) is 12.6. The molecule has 3 heterocycles. The molecule has 0 saturated carbocycles. The molecule has 120 valence electrons. The highest BCUT2D eigenvalue weighted by Crippen LogP contribution is 2.42. The average Bonchev–Trinajstić information content (AvgIpc) is 3.24. The minimum atomic E-state index is 0.0300. The Morgan fingerprint density at radius 2 is 2.12 bits per heavy atom. The van der Waals surface area contributed by atoms with Crippen LogP contribution in [0.2, 0.25) is 0 Å². The Morgan fingerprint density at radius 3 is 3.08 bits per heavy atom. The molecule has 1 aliphatic heterocycles. The van der Waals surface area contributed by atoms with E-state index in [1.54, 1.807) is 12.4 Å². The molecule has 3 aromatic rings. The molecule has 2 atom stereocenters. The van der Waals surface area contributed by atoms with Gasteiger partial charge in [-0.05, 0) is 42.5 Å². The van der Waals surface area contributed by atoms with Crippen molar-refractivity contribution in [2.24, 2.45) is 0 Å². The lowest BCUT2D eigenvalue weighted by Gasteiger charge is -2.37. The highest BCUT2D eigenvalue weighted by molar-refractivity contribution is 5.94. The molecule has 0 radical (unpaired) electrons. The van der Waals surface area contributed by atoms with Crippen LogP contribution in [0, 0.1) is 0 Å². The van der Waals surface area contributed by atoms with E-state index in [0.717, 1.165) is 31.3 Å². The highest BCUT2D eigenvalue weighted by Gasteiger charge is 2.40. The fraction of sp³-hybridized carbons (Fsp3) is 0.316. The maximum absolute atomic E-state index is 13.1. The van der Waals surface area contributed by atoms with Gasteiger partial charge in [0.1, 0.15) is 5.69 Å². The van der Waals surface area contributed by atoms with E-state index < -0.39 is 0 Å². The molecule has 0 bridgehead atoms. The van der Waals surface area contributed by atoms with Crippen molar-refractivity contribution in [3.63, 3.8) is 0 Å². The van der Waals surface area contributed by atoms with E-state index in [4.69, 9.17) is 0 Å². The minimum Gasteiger partial charge on any atom is -0.343 e. The summed E-state index contributed by atoms with van der Waals surface area (Å²) in [6.45, 7) is 0.814. The predicted molar refractivity (Wildman–Crippen MR) is 90.8 cm³/mol. The number of imidazole rings is 1. The molecule has 1 fully saturated rings. The fourth-order valence-electron chi connectivity index (χ4n) is 4.32. The Kier molecular flexibility index (Phi) is 2.95. The van der Waals surface area contributed by atoms with Gasteiger partial charge in [0.2, 0.25) is 0 Å². The number of aromatic amines is 1. The molecule has 5 heteroatoms. The molecular weight excluding hydrogens is 300 g/mol. The number of pyridine rings is 1. The zero-order valence-corrected chi connectivity index (χ0v) is 13.3. The van der Waals surface area contributed by atoms with Gasteiger partial charge in [0, 0.05) is 18.5 Å². The van der Waals surface area contributed by atoms with Gasteiger partial charge >= 0.3 is 0 Å². The molecule has 2 aromatic heterocycles. The van der Waals surface area contributed by atoms with Crippen LogP contribution in [0.3, 0.4) is 0 Å². The standard InChI is InChI=1S/C19H18N4O/c24-19(16-8-7-15-18(22-16)21-11-20-15)23-9-3-6-14-13-5-2-1-4-12(13)10-17(14)23/h1-2,4-5,7-8,11,14,17H,3,6,9-10H2,(H,20,21,22)/t14-,17+/m0/s1. The van der Waals surface area contributed by atoms with Gasteiger partial charge in [0.25, 0.3) is 5.91 Å². The second kappa shape index (κ2) is 5.16. The molecule has 1 aromatic carbocycles. The number of benzene rings is 1. The number of likely N-dealkylation sites (tertiary alicyclic amines) is 1. The minimum absolute atomic E-state index is 0.0300. The van der Waals surface area contributed by atoms with E-state index in [1.165, 1.54) is 11.1 Å². The van der Waals surface area contributed by atoms with Crippen molar-refractivity contribution in [2.45, 2.75) is 31.2 Å². The molecule has 24 heavy (non-hydrogen) atoms. The van der Waals surface area contributed by atoms with Crippen LogP contribution in [0.5, 0.6) is 0 Å². The number of piperidine rings is 1. The quantitative estimate of drug-likeness (QED) is 0.750. The van der Waals surface area contributed by atoms with Gasteiger partial charge in [0.05, 0.1) is 11.8 Å². The molecule has 0 spiro atoms. The van der Waals surface area contributed by atoms with Gasteiger partial charge in [-0.3, -0.25) is 4.79 Å². The number of hydrogen-bond donors (Lipinski definition) is 1. The van der Waals surface area contributed by atoms with Crippen LogP contribution in [0.1, 0.15) is 40.4 Å². The summed E-state index contributed by atoms with van der Waals surface area (Å²) in [5, 5.41) is 0. The lowest BCUT2D eigenvalue weighted by Crippen LogP contribution is -2.46. The van der Waals surface area contributed by atoms with Crippen molar-refractivity contribution in [2.75, 3.05) is 6.54 Å². The van der Waals surface area contributed by atoms with Crippen molar-refractivity contribution in [3.8, 4) is 0 Å². The number of carbonyl (C=O) groups is 1. The monoisotopic (exact) mass is 318 g/mol. The van der Waals surface area contributed by atoms with Crippen LogP contribution in [0.15, 0.2) is 42.7 Å². The fourth-order valence-corrected chi connectivity index (χ4v) is 4.32. The second-order valence-corrected chi connectivity index (χ2v) is 6.69. The second-order valence-electron chi connectivity index (χ2n) is 6.69. The maximum Gasteiger partial charge on any atom is 0.272 e. The number of carbonyl (C=O) groups excluding carboxylic acids is 1. The van der Waals surface area contributed by atoms with Crippen LogP contribution in [0.4, 0.5) is 0 Å². The predicted octanol–water partition coefficient (Wildman–Crippen LogP) is 2.90. The lowest BCUT2D eigenvalue weighted by molar-refractivity contribution is 0.0589. The van der Waals surface area contributed by atoms with E-state index in [-0.39, 0.29) is 11.9 Å². The third-order valence-corrected chi connectivity index (χ3v) is 5.42. The number of hydrogen-bond acceptors (Lipinski definition) is 3. The summed E-state index contributed by atoms with van der Waals surface area (Å²) >= 11 is 0. The summed E-state index contributed by atoms with van der Waals surface area (Å²) in [4.78, 5) is 26.7. The molecule has 1 saturated heterocycles. The largest absolute Gasteiger partial charge is 0.343 e. The zero-order chi connectivity index (χ0) is 16.1. The van der Waals surface area contributed by atoms with Crippen LogP contribution >= 0.6 is 0 Å². The van der Waals surface area contributed by atoms with Crippen LogP contribution < -0.4 is 0 Å². The molecule has 0 unspecified atom stereocenters. The Balaban J connectivity index is 1.49. The zero-order valence-electron chi connectivity index (χ0n) is 13.3. The summed E-state index contributed by atoms with van der Waals surface area (Å²) in [5.41, 5.74) is 4.77. The SMILES string of the molecule is O=C(c1ccc2[nH]cnc2n1)N1CCC[C@H]2c3ccccc3C[C@H]21. The average molecular weight is 318 g/mol. The summed E-state index contributed by atoms with van der Waals surface area (Å²) < 4.78 is 0. The molecular formula is C19H18N4O. The summed E-state index contributed by atoms with van der Waals surface area (Å²) in [7, 11) is 0. The van der Waals surface area contributed by atoms with Crippen molar-refractivity contribution in [1.82, 2.24) is 19.9 Å². The normalized spacial score (nSPS) is 22.4. The van der Waals surface area contributed by atoms with E-state index >= 15 is 0 Å². The highest BCUT2D eigenvalue weighted by atomic mass is 16.2.